The Labute approximate surface area is 76.1 Å². The van der Waals surface area contributed by atoms with Gasteiger partial charge < -0.3 is 0 Å². The molecule has 0 amide bonds. The fourth-order valence-corrected chi connectivity index (χ4v) is 3.00. The lowest BCUT2D eigenvalue weighted by atomic mass is 9.61. The summed E-state index contributed by atoms with van der Waals surface area (Å²) >= 11 is 0. The van der Waals surface area contributed by atoms with E-state index in [1.807, 2.05) is 0 Å². The summed E-state index contributed by atoms with van der Waals surface area (Å²) in [5.74, 6) is 2.68. The molecule has 0 N–H and O–H groups in total. The summed E-state index contributed by atoms with van der Waals surface area (Å²) < 4.78 is 0. The molecule has 0 unspecified atom stereocenters. The predicted octanol–water partition coefficient (Wildman–Crippen LogP) is 3.63. The molecule has 0 heterocycles. The first kappa shape index (κ1) is 8.34. The van der Waals surface area contributed by atoms with Crippen LogP contribution in [0.15, 0.2) is 11.6 Å². The van der Waals surface area contributed by atoms with Gasteiger partial charge in [0.2, 0.25) is 0 Å². The lowest BCUT2D eigenvalue weighted by Crippen LogP contribution is -2.36. The van der Waals surface area contributed by atoms with Crippen molar-refractivity contribution in [3.05, 3.63) is 11.6 Å². The summed E-state index contributed by atoms with van der Waals surface area (Å²) in [6.45, 7) is 9.67. The number of hydrogen-bond donors (Lipinski definition) is 0. The second kappa shape index (κ2) is 2.37. The minimum Gasteiger partial charge on any atom is -0.0770 e. The molecule has 0 aromatic heterocycles. The molecule has 1 fully saturated rings. The summed E-state index contributed by atoms with van der Waals surface area (Å²) in [6, 6.07) is 0. The lowest BCUT2D eigenvalue weighted by Gasteiger charge is -2.43. The van der Waals surface area contributed by atoms with Crippen molar-refractivity contribution in [3.63, 3.8) is 0 Å². The highest BCUT2D eigenvalue weighted by Crippen LogP contribution is 2.59. The number of hydrogen-bond acceptors (Lipinski definition) is 0. The third-order valence-corrected chi connectivity index (χ3v) is 4.59. The van der Waals surface area contributed by atoms with E-state index in [9.17, 15) is 0 Å². The van der Waals surface area contributed by atoms with Crippen molar-refractivity contribution in [2.24, 2.45) is 23.2 Å². The van der Waals surface area contributed by atoms with Crippen LogP contribution in [-0.2, 0) is 0 Å². The zero-order valence-corrected chi connectivity index (χ0v) is 8.72. The van der Waals surface area contributed by atoms with Gasteiger partial charge in [0.25, 0.3) is 0 Å². The number of fused-ring (bicyclic) bond motifs is 1. The van der Waals surface area contributed by atoms with Crippen LogP contribution in [0.4, 0.5) is 0 Å². The molecule has 0 radical (unpaired) electrons. The largest absolute Gasteiger partial charge is 0.0770 e. The smallest absolute Gasteiger partial charge is 0.00364 e. The Kier molecular flexibility index (Phi) is 1.65. The van der Waals surface area contributed by atoms with Gasteiger partial charge in [-0.3, -0.25) is 0 Å². The van der Waals surface area contributed by atoms with Gasteiger partial charge in [0.1, 0.15) is 0 Å². The van der Waals surface area contributed by atoms with Gasteiger partial charge in [-0.05, 0) is 30.1 Å². The average molecular weight is 164 g/mol. The maximum atomic E-state index is 2.50. The third-order valence-electron chi connectivity index (χ3n) is 4.59. The Morgan fingerprint density at radius 2 is 2.17 bits per heavy atom. The summed E-state index contributed by atoms with van der Waals surface area (Å²) in [5, 5.41) is 0. The highest BCUT2D eigenvalue weighted by atomic mass is 14.5. The molecule has 0 aromatic rings. The lowest BCUT2D eigenvalue weighted by molar-refractivity contribution is 0.0913. The Balaban J connectivity index is 2.22. The standard InChI is InChI=1S/C12H20/c1-5-12(4)9(3)8(2)6-10-7-11(10)12/h7-9,11H,5-6H2,1-4H3/t8-,9-,11+,12-/m0/s1. The maximum absolute atomic E-state index is 2.50. The van der Waals surface area contributed by atoms with Crippen molar-refractivity contribution in [2.75, 3.05) is 0 Å². The normalized spacial score (nSPS) is 51.3. The van der Waals surface area contributed by atoms with Crippen molar-refractivity contribution < 1.29 is 0 Å². The van der Waals surface area contributed by atoms with Gasteiger partial charge in [-0.2, -0.15) is 0 Å². The average Bonchev–Trinajstić information content (AvgIpc) is 2.80. The van der Waals surface area contributed by atoms with Gasteiger partial charge in [-0.15, -0.1) is 0 Å². The van der Waals surface area contributed by atoms with Crippen LogP contribution in [0.2, 0.25) is 0 Å². The number of rotatable bonds is 1. The van der Waals surface area contributed by atoms with Gasteiger partial charge in [0, 0.05) is 5.92 Å². The fraction of sp³-hybridized carbons (Fsp3) is 0.833. The second-order valence-corrected chi connectivity index (χ2v) is 5.05. The third kappa shape index (κ3) is 0.901. The zero-order valence-electron chi connectivity index (χ0n) is 8.72. The molecule has 2 rings (SSSR count). The van der Waals surface area contributed by atoms with Crippen LogP contribution in [0.3, 0.4) is 0 Å². The minimum absolute atomic E-state index is 0.590. The molecule has 1 saturated carbocycles. The van der Waals surface area contributed by atoms with E-state index in [0.29, 0.717) is 5.41 Å². The Morgan fingerprint density at radius 3 is 2.75 bits per heavy atom. The number of allylic oxidation sites excluding steroid dienone is 2. The van der Waals surface area contributed by atoms with Crippen molar-refractivity contribution in [3.8, 4) is 0 Å². The van der Waals surface area contributed by atoms with Crippen molar-refractivity contribution in [2.45, 2.75) is 40.5 Å². The predicted molar refractivity (Wildman–Crippen MR) is 52.9 cm³/mol. The van der Waals surface area contributed by atoms with E-state index in [1.165, 1.54) is 12.8 Å². The molecule has 2 aliphatic rings. The Bertz CT molecular complexity index is 226. The van der Waals surface area contributed by atoms with E-state index in [4.69, 9.17) is 0 Å². The summed E-state index contributed by atoms with van der Waals surface area (Å²) in [4.78, 5) is 0. The van der Waals surface area contributed by atoms with E-state index < -0.39 is 0 Å². The summed E-state index contributed by atoms with van der Waals surface area (Å²) in [7, 11) is 0. The first-order valence-corrected chi connectivity index (χ1v) is 5.30. The first-order valence-electron chi connectivity index (χ1n) is 5.30. The highest BCUT2D eigenvalue weighted by Gasteiger charge is 2.50. The molecule has 0 aromatic carbocycles. The molecule has 0 bridgehead atoms. The van der Waals surface area contributed by atoms with E-state index >= 15 is 0 Å². The SMILES string of the molecule is CC[C@]1(C)[C@@H]2C=C2C[C@H](C)[C@@H]1C. The highest BCUT2D eigenvalue weighted by molar-refractivity contribution is 5.36. The molecule has 0 spiro atoms. The molecule has 2 aliphatic carbocycles. The molecule has 0 heteroatoms. The van der Waals surface area contributed by atoms with Gasteiger partial charge in [-0.1, -0.05) is 39.3 Å². The van der Waals surface area contributed by atoms with Gasteiger partial charge in [0.15, 0.2) is 0 Å². The van der Waals surface area contributed by atoms with E-state index in [2.05, 4.69) is 33.8 Å². The van der Waals surface area contributed by atoms with Crippen LogP contribution >= 0.6 is 0 Å². The topological polar surface area (TPSA) is 0 Å². The van der Waals surface area contributed by atoms with Gasteiger partial charge >= 0.3 is 0 Å². The molecule has 0 nitrogen and oxygen atoms in total. The van der Waals surface area contributed by atoms with Crippen LogP contribution < -0.4 is 0 Å². The van der Waals surface area contributed by atoms with Crippen molar-refractivity contribution in [1.82, 2.24) is 0 Å². The summed E-state index contributed by atoms with van der Waals surface area (Å²) in [6.07, 6.45) is 5.22. The van der Waals surface area contributed by atoms with Crippen LogP contribution in [0.25, 0.3) is 0 Å². The zero-order chi connectivity index (χ0) is 8.93. The van der Waals surface area contributed by atoms with Crippen molar-refractivity contribution >= 4 is 0 Å². The second-order valence-electron chi connectivity index (χ2n) is 5.05. The van der Waals surface area contributed by atoms with Crippen molar-refractivity contribution in [1.29, 1.82) is 0 Å². The minimum atomic E-state index is 0.590. The monoisotopic (exact) mass is 164 g/mol. The molecule has 4 atom stereocenters. The van der Waals surface area contributed by atoms with E-state index in [0.717, 1.165) is 17.8 Å². The van der Waals surface area contributed by atoms with E-state index in [-0.39, 0.29) is 0 Å². The molecule has 12 heavy (non-hydrogen) atoms. The van der Waals surface area contributed by atoms with Crippen LogP contribution in [0.1, 0.15) is 40.5 Å². The molecule has 0 saturated heterocycles. The first-order chi connectivity index (χ1) is 5.59. The van der Waals surface area contributed by atoms with Crippen LogP contribution in [0, 0.1) is 23.2 Å². The van der Waals surface area contributed by atoms with Crippen LogP contribution in [0.5, 0.6) is 0 Å². The summed E-state index contributed by atoms with van der Waals surface area (Å²) in [5.41, 5.74) is 2.34. The quantitative estimate of drug-likeness (QED) is 0.519. The maximum Gasteiger partial charge on any atom is 0.00364 e. The van der Waals surface area contributed by atoms with Gasteiger partial charge in [-0.25, -0.2) is 0 Å². The molecule has 68 valence electrons. The molecular formula is C12H20. The molecule has 0 aliphatic heterocycles. The van der Waals surface area contributed by atoms with Crippen LogP contribution in [-0.4, -0.2) is 0 Å². The Morgan fingerprint density at radius 1 is 1.50 bits per heavy atom. The fourth-order valence-electron chi connectivity index (χ4n) is 3.00. The van der Waals surface area contributed by atoms with Gasteiger partial charge in [0.05, 0.1) is 0 Å². The Hall–Kier alpha value is -0.260. The van der Waals surface area contributed by atoms with E-state index in [1.54, 1.807) is 5.57 Å². The molecular weight excluding hydrogens is 144 g/mol.